The molecule has 2 heteroatoms. The Morgan fingerprint density at radius 2 is 1.85 bits per heavy atom. The van der Waals surface area contributed by atoms with E-state index in [1.165, 1.54) is 25.7 Å². The second-order valence-corrected chi connectivity index (χ2v) is 4.48. The third-order valence-electron chi connectivity index (χ3n) is 3.68. The quantitative estimate of drug-likeness (QED) is 0.717. The topological polar surface area (TPSA) is 15.3 Å². The molecule has 0 aromatic carbocycles. The number of likely N-dealkylation sites (N-methyl/N-ethyl adjacent to an activating group) is 2. The fourth-order valence-electron chi connectivity index (χ4n) is 2.75. The first-order valence-corrected chi connectivity index (χ1v) is 5.54. The van der Waals surface area contributed by atoms with Crippen LogP contribution in [0.2, 0.25) is 0 Å². The maximum Gasteiger partial charge on any atom is 0.0353 e. The van der Waals surface area contributed by atoms with Crippen LogP contribution in [0.4, 0.5) is 0 Å². The first kappa shape index (κ1) is 11.0. The summed E-state index contributed by atoms with van der Waals surface area (Å²) in [6.07, 6.45) is 5.50. The van der Waals surface area contributed by atoms with Crippen molar-refractivity contribution in [3.05, 3.63) is 0 Å². The predicted molar refractivity (Wildman–Crippen MR) is 58.0 cm³/mol. The summed E-state index contributed by atoms with van der Waals surface area (Å²) in [5.41, 5.74) is 0.427. The summed E-state index contributed by atoms with van der Waals surface area (Å²) in [5, 5.41) is 3.57. The zero-order chi connectivity index (χ0) is 9.90. The van der Waals surface area contributed by atoms with Crippen LogP contribution in [0, 0.1) is 0 Å². The fourth-order valence-corrected chi connectivity index (χ4v) is 2.75. The summed E-state index contributed by atoms with van der Waals surface area (Å²) in [7, 11) is 4.44. The molecule has 1 atom stereocenters. The average molecular weight is 184 g/mol. The van der Waals surface area contributed by atoms with Gasteiger partial charge in [0.25, 0.3) is 0 Å². The molecule has 0 spiro atoms. The molecule has 13 heavy (non-hydrogen) atoms. The minimum Gasteiger partial charge on any atom is -0.313 e. The lowest BCUT2D eigenvalue weighted by molar-refractivity contribution is 0.113. The van der Waals surface area contributed by atoms with Gasteiger partial charge in [-0.05, 0) is 40.4 Å². The lowest BCUT2D eigenvalue weighted by Crippen LogP contribution is -2.56. The van der Waals surface area contributed by atoms with Crippen molar-refractivity contribution in [3.8, 4) is 0 Å². The molecule has 2 nitrogen and oxygen atoms in total. The van der Waals surface area contributed by atoms with Crippen LogP contribution >= 0.6 is 0 Å². The normalized spacial score (nSPS) is 23.8. The van der Waals surface area contributed by atoms with Gasteiger partial charge in [0.2, 0.25) is 0 Å². The van der Waals surface area contributed by atoms with Crippen LogP contribution in [0.15, 0.2) is 0 Å². The molecule has 0 radical (unpaired) electrons. The molecule has 1 aliphatic carbocycles. The van der Waals surface area contributed by atoms with Gasteiger partial charge in [-0.3, -0.25) is 0 Å². The summed E-state index contributed by atoms with van der Waals surface area (Å²) in [6.45, 7) is 5.60. The zero-order valence-corrected chi connectivity index (χ0v) is 9.56. The van der Waals surface area contributed by atoms with Gasteiger partial charge in [0.1, 0.15) is 0 Å². The third kappa shape index (κ3) is 2.05. The third-order valence-corrected chi connectivity index (χ3v) is 3.68. The van der Waals surface area contributed by atoms with E-state index < -0.39 is 0 Å². The van der Waals surface area contributed by atoms with E-state index in [1.807, 2.05) is 0 Å². The fraction of sp³-hybridized carbons (Fsp3) is 1.00. The highest BCUT2D eigenvalue weighted by molar-refractivity contribution is 4.99. The molecular weight excluding hydrogens is 160 g/mol. The lowest BCUT2D eigenvalue weighted by Gasteiger charge is -2.42. The van der Waals surface area contributed by atoms with Crippen LogP contribution in [-0.4, -0.2) is 37.1 Å². The molecule has 0 saturated heterocycles. The van der Waals surface area contributed by atoms with E-state index in [-0.39, 0.29) is 0 Å². The van der Waals surface area contributed by atoms with Gasteiger partial charge < -0.3 is 10.2 Å². The highest BCUT2D eigenvalue weighted by atomic mass is 15.2. The molecule has 1 fully saturated rings. The van der Waals surface area contributed by atoms with Gasteiger partial charge >= 0.3 is 0 Å². The van der Waals surface area contributed by atoms with Crippen molar-refractivity contribution < 1.29 is 0 Å². The molecule has 1 unspecified atom stereocenters. The van der Waals surface area contributed by atoms with E-state index in [0.717, 1.165) is 6.54 Å². The van der Waals surface area contributed by atoms with Gasteiger partial charge in [-0.2, -0.15) is 0 Å². The molecule has 1 aliphatic rings. The Labute approximate surface area is 82.7 Å². The zero-order valence-electron chi connectivity index (χ0n) is 9.56. The van der Waals surface area contributed by atoms with Crippen LogP contribution in [0.5, 0.6) is 0 Å². The monoisotopic (exact) mass is 184 g/mol. The number of nitrogens with zero attached hydrogens (tertiary/aromatic N) is 1. The summed E-state index contributed by atoms with van der Waals surface area (Å²) in [4.78, 5) is 2.42. The van der Waals surface area contributed by atoms with Crippen LogP contribution < -0.4 is 5.32 Å². The second-order valence-electron chi connectivity index (χ2n) is 4.48. The Hall–Kier alpha value is -0.0800. The van der Waals surface area contributed by atoms with Crippen molar-refractivity contribution in [3.63, 3.8) is 0 Å². The molecule has 0 aliphatic heterocycles. The van der Waals surface area contributed by atoms with Crippen molar-refractivity contribution in [2.24, 2.45) is 0 Å². The van der Waals surface area contributed by atoms with Gasteiger partial charge in [0, 0.05) is 11.6 Å². The number of nitrogens with one attached hydrogen (secondary N) is 1. The van der Waals surface area contributed by atoms with Crippen molar-refractivity contribution >= 4 is 0 Å². The van der Waals surface area contributed by atoms with E-state index in [9.17, 15) is 0 Å². The summed E-state index contributed by atoms with van der Waals surface area (Å²) >= 11 is 0. The van der Waals surface area contributed by atoms with Crippen molar-refractivity contribution in [1.29, 1.82) is 0 Å². The van der Waals surface area contributed by atoms with Crippen LogP contribution in [0.25, 0.3) is 0 Å². The molecular formula is C11H24N2. The number of hydrogen-bond donors (Lipinski definition) is 1. The molecule has 0 bridgehead atoms. The Bertz CT molecular complexity index is 148. The van der Waals surface area contributed by atoms with Crippen molar-refractivity contribution in [1.82, 2.24) is 10.2 Å². The Morgan fingerprint density at radius 3 is 2.23 bits per heavy atom. The molecule has 0 aromatic heterocycles. The average Bonchev–Trinajstić information content (AvgIpc) is 2.53. The second kappa shape index (κ2) is 4.43. The van der Waals surface area contributed by atoms with Crippen LogP contribution in [-0.2, 0) is 0 Å². The number of rotatable bonds is 4. The van der Waals surface area contributed by atoms with Gasteiger partial charge in [-0.15, -0.1) is 0 Å². The van der Waals surface area contributed by atoms with E-state index in [4.69, 9.17) is 0 Å². The molecule has 0 aromatic rings. The minimum atomic E-state index is 0.427. The molecule has 78 valence electrons. The largest absolute Gasteiger partial charge is 0.313 e. The van der Waals surface area contributed by atoms with Gasteiger partial charge in [-0.1, -0.05) is 19.8 Å². The van der Waals surface area contributed by atoms with E-state index in [0.29, 0.717) is 11.6 Å². The molecule has 1 N–H and O–H groups in total. The maximum atomic E-state index is 3.57. The standard InChI is InChI=1S/C11H24N2/c1-5-12-10(2)11(13(3)4)8-6-7-9-11/h10,12H,5-9H2,1-4H3. The van der Waals surface area contributed by atoms with Crippen LogP contribution in [0.3, 0.4) is 0 Å². The molecule has 0 amide bonds. The van der Waals surface area contributed by atoms with E-state index >= 15 is 0 Å². The molecule has 1 rings (SSSR count). The van der Waals surface area contributed by atoms with Crippen molar-refractivity contribution in [2.45, 2.75) is 51.1 Å². The van der Waals surface area contributed by atoms with Crippen molar-refractivity contribution in [2.75, 3.05) is 20.6 Å². The molecule has 0 heterocycles. The molecule has 1 saturated carbocycles. The van der Waals surface area contributed by atoms with Gasteiger partial charge in [0.05, 0.1) is 0 Å². The smallest absolute Gasteiger partial charge is 0.0353 e. The highest BCUT2D eigenvalue weighted by Gasteiger charge is 2.40. The highest BCUT2D eigenvalue weighted by Crippen LogP contribution is 2.36. The minimum absolute atomic E-state index is 0.427. The maximum absolute atomic E-state index is 3.57. The summed E-state index contributed by atoms with van der Waals surface area (Å²) < 4.78 is 0. The Morgan fingerprint density at radius 1 is 1.31 bits per heavy atom. The van der Waals surface area contributed by atoms with Gasteiger partial charge in [-0.25, -0.2) is 0 Å². The summed E-state index contributed by atoms with van der Waals surface area (Å²) in [6, 6.07) is 0.620. The Balaban J connectivity index is 2.66. The number of hydrogen-bond acceptors (Lipinski definition) is 2. The predicted octanol–water partition coefficient (Wildman–Crippen LogP) is 1.86. The lowest BCUT2D eigenvalue weighted by atomic mass is 9.88. The summed E-state index contributed by atoms with van der Waals surface area (Å²) in [5.74, 6) is 0. The van der Waals surface area contributed by atoms with E-state index in [2.05, 4.69) is 38.2 Å². The van der Waals surface area contributed by atoms with Crippen LogP contribution in [0.1, 0.15) is 39.5 Å². The SMILES string of the molecule is CCNC(C)C1(N(C)C)CCCC1. The first-order valence-electron chi connectivity index (χ1n) is 5.54. The van der Waals surface area contributed by atoms with Gasteiger partial charge in [0.15, 0.2) is 0 Å². The first-order chi connectivity index (χ1) is 6.13. The van der Waals surface area contributed by atoms with E-state index in [1.54, 1.807) is 0 Å². The Kier molecular flexibility index (Phi) is 3.74.